The quantitative estimate of drug-likeness (QED) is 0.546. The van der Waals surface area contributed by atoms with Crippen molar-refractivity contribution in [3.05, 3.63) is 70.9 Å². The number of benzene rings is 1. The maximum absolute atomic E-state index is 12.6. The standard InChI is InChI=1S/C23H22N4O2S/c1-24-22(28)21-20(17-6-4-9-26-23(17)30-21)19-14-27(11-12-29-19)13-15-8-10-25-18-7-3-2-5-16(15)18/h2-10,19H,11-14H2,1H3,(H,24,28)/t19-/m1/s1. The van der Waals surface area contributed by atoms with Crippen LogP contribution in [0.1, 0.15) is 26.9 Å². The Morgan fingerprint density at radius 2 is 2.03 bits per heavy atom. The summed E-state index contributed by atoms with van der Waals surface area (Å²) in [5.41, 5.74) is 3.22. The van der Waals surface area contributed by atoms with Crippen LogP contribution in [-0.2, 0) is 11.3 Å². The Bertz CT molecular complexity index is 1220. The molecule has 0 unspecified atom stereocenters. The van der Waals surface area contributed by atoms with Crippen LogP contribution < -0.4 is 5.32 Å². The van der Waals surface area contributed by atoms with Gasteiger partial charge in [-0.1, -0.05) is 24.3 Å². The Labute approximate surface area is 178 Å². The van der Waals surface area contributed by atoms with Crippen molar-refractivity contribution in [3.8, 4) is 0 Å². The molecule has 1 aliphatic rings. The van der Waals surface area contributed by atoms with Crippen LogP contribution in [0.25, 0.3) is 21.1 Å². The number of carbonyl (C=O) groups is 1. The van der Waals surface area contributed by atoms with Gasteiger partial charge in [0.1, 0.15) is 9.71 Å². The normalized spacial score (nSPS) is 17.4. The van der Waals surface area contributed by atoms with Crippen LogP contribution in [0.3, 0.4) is 0 Å². The lowest BCUT2D eigenvalue weighted by atomic mass is 10.0. The molecule has 1 amide bonds. The molecule has 4 aromatic rings. The molecule has 30 heavy (non-hydrogen) atoms. The fourth-order valence-electron chi connectivity index (χ4n) is 4.11. The molecule has 3 aromatic heterocycles. The lowest BCUT2D eigenvalue weighted by Crippen LogP contribution is -2.38. The topological polar surface area (TPSA) is 67.4 Å². The first-order valence-corrected chi connectivity index (χ1v) is 10.8. The number of nitrogens with one attached hydrogen (secondary N) is 1. The molecule has 0 aliphatic carbocycles. The van der Waals surface area contributed by atoms with E-state index in [2.05, 4.69) is 38.4 Å². The maximum atomic E-state index is 12.6. The molecule has 6 nitrogen and oxygen atoms in total. The smallest absolute Gasteiger partial charge is 0.261 e. The number of pyridine rings is 2. The second kappa shape index (κ2) is 8.10. The zero-order valence-electron chi connectivity index (χ0n) is 16.7. The van der Waals surface area contributed by atoms with Crippen molar-refractivity contribution < 1.29 is 9.53 Å². The first kappa shape index (κ1) is 19.1. The van der Waals surface area contributed by atoms with E-state index >= 15 is 0 Å². The number of morpholine rings is 1. The third-order valence-electron chi connectivity index (χ3n) is 5.54. The van der Waals surface area contributed by atoms with Gasteiger partial charge in [-0.05, 0) is 23.8 Å². The predicted octanol–water partition coefficient (Wildman–Crippen LogP) is 3.78. The molecule has 0 saturated carbocycles. The fourth-order valence-corrected chi connectivity index (χ4v) is 5.25. The van der Waals surface area contributed by atoms with Gasteiger partial charge in [0.15, 0.2) is 0 Å². The number of carbonyl (C=O) groups excluding carboxylic acids is 1. The fraction of sp³-hybridized carbons (Fsp3) is 0.261. The molecule has 4 heterocycles. The highest BCUT2D eigenvalue weighted by Gasteiger charge is 2.30. The summed E-state index contributed by atoms with van der Waals surface area (Å²) in [5, 5.41) is 4.94. The lowest BCUT2D eigenvalue weighted by Gasteiger charge is -2.33. The summed E-state index contributed by atoms with van der Waals surface area (Å²) in [4.78, 5) is 25.4. The summed E-state index contributed by atoms with van der Waals surface area (Å²) in [7, 11) is 1.66. The van der Waals surface area contributed by atoms with E-state index in [0.717, 1.165) is 40.9 Å². The molecule has 1 N–H and O–H groups in total. The van der Waals surface area contributed by atoms with E-state index in [4.69, 9.17) is 4.74 Å². The molecule has 1 aliphatic heterocycles. The summed E-state index contributed by atoms with van der Waals surface area (Å²) in [5.74, 6) is -0.0890. The number of para-hydroxylation sites is 1. The Hall–Kier alpha value is -2.87. The highest BCUT2D eigenvalue weighted by molar-refractivity contribution is 7.20. The van der Waals surface area contributed by atoms with Crippen LogP contribution in [0.5, 0.6) is 0 Å². The van der Waals surface area contributed by atoms with Gasteiger partial charge in [-0.15, -0.1) is 11.3 Å². The Balaban J connectivity index is 1.47. The third kappa shape index (κ3) is 3.45. The summed E-state index contributed by atoms with van der Waals surface area (Å²) >= 11 is 1.43. The van der Waals surface area contributed by atoms with Gasteiger partial charge in [-0.3, -0.25) is 14.7 Å². The van der Waals surface area contributed by atoms with E-state index in [1.54, 1.807) is 13.2 Å². The first-order chi connectivity index (χ1) is 14.7. The predicted molar refractivity (Wildman–Crippen MR) is 119 cm³/mol. The molecule has 1 fully saturated rings. The van der Waals surface area contributed by atoms with Crippen molar-refractivity contribution in [1.29, 1.82) is 0 Å². The van der Waals surface area contributed by atoms with E-state index in [0.29, 0.717) is 11.5 Å². The summed E-state index contributed by atoms with van der Waals surface area (Å²) < 4.78 is 6.17. The van der Waals surface area contributed by atoms with Crippen LogP contribution in [0, 0.1) is 0 Å². The minimum absolute atomic E-state index is 0.0890. The van der Waals surface area contributed by atoms with Gasteiger partial charge in [0.25, 0.3) is 5.91 Å². The van der Waals surface area contributed by atoms with Crippen molar-refractivity contribution in [2.24, 2.45) is 0 Å². The largest absolute Gasteiger partial charge is 0.371 e. The van der Waals surface area contributed by atoms with Gasteiger partial charge in [0.2, 0.25) is 0 Å². The zero-order valence-corrected chi connectivity index (χ0v) is 17.5. The Morgan fingerprint density at radius 3 is 2.93 bits per heavy atom. The average molecular weight is 419 g/mol. The average Bonchev–Trinajstić information content (AvgIpc) is 3.19. The second-order valence-corrected chi connectivity index (χ2v) is 8.36. The molecular weight excluding hydrogens is 396 g/mol. The van der Waals surface area contributed by atoms with Crippen molar-refractivity contribution >= 4 is 38.4 Å². The van der Waals surface area contributed by atoms with Crippen molar-refractivity contribution in [2.75, 3.05) is 26.7 Å². The molecule has 152 valence electrons. The second-order valence-electron chi connectivity index (χ2n) is 7.36. The SMILES string of the molecule is CNC(=O)c1sc2ncccc2c1[C@H]1CN(Cc2ccnc3ccccc23)CCO1. The minimum Gasteiger partial charge on any atom is -0.371 e. The number of aromatic nitrogens is 2. The van der Waals surface area contributed by atoms with Gasteiger partial charge in [-0.2, -0.15) is 0 Å². The Kier molecular flexibility index (Phi) is 5.16. The Morgan fingerprint density at radius 1 is 1.17 bits per heavy atom. The van der Waals surface area contributed by atoms with Gasteiger partial charge in [0.05, 0.1) is 18.2 Å². The number of amides is 1. The highest BCUT2D eigenvalue weighted by atomic mass is 32.1. The van der Waals surface area contributed by atoms with Crippen LogP contribution in [0.15, 0.2) is 54.9 Å². The number of thiophene rings is 1. The zero-order chi connectivity index (χ0) is 20.5. The van der Waals surface area contributed by atoms with Crippen LogP contribution in [0.4, 0.5) is 0 Å². The summed E-state index contributed by atoms with van der Waals surface area (Å²) in [6.45, 7) is 3.02. The van der Waals surface area contributed by atoms with Gasteiger partial charge in [0, 0.05) is 55.4 Å². The highest BCUT2D eigenvalue weighted by Crippen LogP contribution is 2.37. The van der Waals surface area contributed by atoms with Crippen molar-refractivity contribution in [3.63, 3.8) is 0 Å². The van der Waals surface area contributed by atoms with Crippen molar-refractivity contribution in [2.45, 2.75) is 12.6 Å². The number of hydrogen-bond donors (Lipinski definition) is 1. The molecule has 1 aromatic carbocycles. The number of nitrogens with zero attached hydrogens (tertiary/aromatic N) is 3. The van der Waals surface area contributed by atoms with Crippen LogP contribution >= 0.6 is 11.3 Å². The number of fused-ring (bicyclic) bond motifs is 2. The maximum Gasteiger partial charge on any atom is 0.261 e. The summed E-state index contributed by atoms with van der Waals surface area (Å²) in [6.07, 6.45) is 3.47. The number of hydrogen-bond acceptors (Lipinski definition) is 6. The molecule has 7 heteroatoms. The molecule has 5 rings (SSSR count). The van der Waals surface area contributed by atoms with Crippen molar-refractivity contribution in [1.82, 2.24) is 20.2 Å². The molecular formula is C23H22N4O2S. The first-order valence-electron chi connectivity index (χ1n) is 10.0. The van der Waals surface area contributed by atoms with Gasteiger partial charge in [-0.25, -0.2) is 4.98 Å². The van der Waals surface area contributed by atoms with E-state index < -0.39 is 0 Å². The van der Waals surface area contributed by atoms with E-state index in [-0.39, 0.29) is 12.0 Å². The summed E-state index contributed by atoms with van der Waals surface area (Å²) in [6, 6.07) is 14.3. The van der Waals surface area contributed by atoms with Gasteiger partial charge < -0.3 is 10.1 Å². The minimum atomic E-state index is -0.169. The molecule has 0 radical (unpaired) electrons. The van der Waals surface area contributed by atoms with Crippen LogP contribution in [-0.4, -0.2) is 47.5 Å². The lowest BCUT2D eigenvalue weighted by molar-refractivity contribution is -0.0322. The molecule has 0 bridgehead atoms. The van der Waals surface area contributed by atoms with E-state index in [9.17, 15) is 4.79 Å². The molecule has 1 saturated heterocycles. The number of rotatable bonds is 4. The monoisotopic (exact) mass is 418 g/mol. The van der Waals surface area contributed by atoms with E-state index in [1.807, 2.05) is 30.5 Å². The third-order valence-corrected chi connectivity index (χ3v) is 6.67. The molecule has 0 spiro atoms. The molecule has 1 atom stereocenters. The van der Waals surface area contributed by atoms with Crippen LogP contribution in [0.2, 0.25) is 0 Å². The van der Waals surface area contributed by atoms with Gasteiger partial charge >= 0.3 is 0 Å². The number of ether oxygens (including phenoxy) is 1. The van der Waals surface area contributed by atoms with E-state index in [1.165, 1.54) is 22.3 Å².